The molecule has 0 radical (unpaired) electrons. The Balaban J connectivity index is 2.09. The van der Waals surface area contributed by atoms with Crippen molar-refractivity contribution in [1.82, 2.24) is 19.5 Å². The number of hydrogen-bond donors (Lipinski definition) is 2. The molecule has 0 saturated carbocycles. The van der Waals surface area contributed by atoms with Crippen molar-refractivity contribution in [2.45, 2.75) is 79.9 Å². The molecule has 3 heterocycles. The van der Waals surface area contributed by atoms with Crippen LogP contribution in [0.5, 0.6) is 0 Å². The number of carbonyl (C=O) groups excluding carboxylic acids is 4. The summed E-state index contributed by atoms with van der Waals surface area (Å²) in [5.74, 6) is -4.00. The average molecular weight is 564 g/mol. The van der Waals surface area contributed by atoms with Crippen LogP contribution in [0.2, 0.25) is 0 Å². The van der Waals surface area contributed by atoms with E-state index >= 15 is 0 Å². The Morgan fingerprint density at radius 2 is 1.50 bits per heavy atom. The number of hydrogen-bond acceptors (Lipinski definition) is 11. The summed E-state index contributed by atoms with van der Waals surface area (Å²) >= 11 is 0. The van der Waals surface area contributed by atoms with E-state index in [-0.39, 0.29) is 35.5 Å². The second-order valence-corrected chi connectivity index (χ2v) is 10.8. The summed E-state index contributed by atoms with van der Waals surface area (Å²) in [6.45, 7) is 13.0. The molecule has 0 aliphatic carbocycles. The van der Waals surface area contributed by atoms with Gasteiger partial charge in [0.2, 0.25) is 11.9 Å². The second kappa shape index (κ2) is 12.6. The number of nitrogens with one attached hydrogen (secondary N) is 2. The predicted octanol–water partition coefficient (Wildman–Crippen LogP) is 1.95. The number of ether oxygens (including phenoxy) is 4. The topological polar surface area (TPSA) is 181 Å². The summed E-state index contributed by atoms with van der Waals surface area (Å²) in [5, 5.41) is 2.54. The van der Waals surface area contributed by atoms with E-state index in [1.165, 1.54) is 10.9 Å². The molecule has 1 amide bonds. The highest BCUT2D eigenvalue weighted by atomic mass is 16.7. The molecule has 1 aliphatic rings. The normalized spacial score (nSPS) is 20.9. The standard InChI is InChI=1S/C26H37N5O9/c1-11(2)20(32)29-26-28-19-16(21(33)30-26)27-10-31(19)22-18(40-25(36)14(7)8)17(39-24(35)13(5)6)15(38-22)9-37-23(34)12(3)4/h10-15,17-18,22H,9H2,1-8H3,(H2,28,29,30,32,33). The monoisotopic (exact) mass is 563 g/mol. The Morgan fingerprint density at radius 1 is 0.925 bits per heavy atom. The highest BCUT2D eigenvalue weighted by Gasteiger charge is 2.52. The first-order chi connectivity index (χ1) is 18.7. The van der Waals surface area contributed by atoms with Crippen LogP contribution in [0.1, 0.15) is 61.6 Å². The molecular weight excluding hydrogens is 526 g/mol. The molecule has 0 aromatic carbocycles. The fourth-order valence-electron chi connectivity index (χ4n) is 3.64. The number of amides is 1. The maximum atomic E-state index is 12.8. The van der Waals surface area contributed by atoms with Crippen molar-refractivity contribution in [3.8, 4) is 0 Å². The van der Waals surface area contributed by atoms with Gasteiger partial charge in [-0.3, -0.25) is 38.8 Å². The van der Waals surface area contributed by atoms with Crippen molar-refractivity contribution in [1.29, 1.82) is 0 Å². The van der Waals surface area contributed by atoms with E-state index in [4.69, 9.17) is 18.9 Å². The van der Waals surface area contributed by atoms with Crippen LogP contribution in [-0.2, 0) is 38.1 Å². The molecule has 4 unspecified atom stereocenters. The molecular formula is C26H37N5O9. The zero-order valence-electron chi connectivity index (χ0n) is 23.9. The number of fused-ring (bicyclic) bond motifs is 1. The number of aromatic amines is 1. The minimum absolute atomic E-state index is 0.0205. The van der Waals surface area contributed by atoms with Gasteiger partial charge in [-0.15, -0.1) is 0 Å². The Morgan fingerprint density at radius 3 is 2.05 bits per heavy atom. The lowest BCUT2D eigenvalue weighted by atomic mass is 10.1. The maximum absolute atomic E-state index is 12.8. The highest BCUT2D eigenvalue weighted by molar-refractivity contribution is 5.91. The third-order valence-electron chi connectivity index (χ3n) is 6.07. The molecule has 40 heavy (non-hydrogen) atoms. The van der Waals surface area contributed by atoms with Gasteiger partial charge in [-0.2, -0.15) is 4.98 Å². The van der Waals surface area contributed by atoms with Crippen LogP contribution in [0.3, 0.4) is 0 Å². The van der Waals surface area contributed by atoms with Gasteiger partial charge in [-0.1, -0.05) is 55.4 Å². The van der Waals surface area contributed by atoms with Crippen molar-refractivity contribution in [3.63, 3.8) is 0 Å². The van der Waals surface area contributed by atoms with Gasteiger partial charge < -0.3 is 18.9 Å². The molecule has 1 saturated heterocycles. The molecule has 14 nitrogen and oxygen atoms in total. The number of H-pyrrole nitrogens is 1. The molecule has 1 fully saturated rings. The van der Waals surface area contributed by atoms with Gasteiger partial charge in [-0.25, -0.2) is 4.98 Å². The van der Waals surface area contributed by atoms with Crippen molar-refractivity contribution in [3.05, 3.63) is 16.7 Å². The van der Waals surface area contributed by atoms with E-state index in [1.807, 2.05) is 0 Å². The largest absolute Gasteiger partial charge is 0.463 e. The lowest BCUT2D eigenvalue weighted by Crippen LogP contribution is -2.42. The quantitative estimate of drug-likeness (QED) is 0.318. The minimum Gasteiger partial charge on any atom is -0.463 e. The maximum Gasteiger partial charge on any atom is 0.308 e. The van der Waals surface area contributed by atoms with Gasteiger partial charge in [0.05, 0.1) is 24.1 Å². The van der Waals surface area contributed by atoms with Crippen molar-refractivity contribution in [2.24, 2.45) is 23.7 Å². The van der Waals surface area contributed by atoms with E-state index in [0.717, 1.165) is 0 Å². The van der Waals surface area contributed by atoms with Crippen molar-refractivity contribution in [2.75, 3.05) is 11.9 Å². The number of esters is 3. The summed E-state index contributed by atoms with van der Waals surface area (Å²) in [4.78, 5) is 73.6. The average Bonchev–Trinajstić information content (AvgIpc) is 3.43. The van der Waals surface area contributed by atoms with Crippen LogP contribution in [0, 0.1) is 23.7 Å². The summed E-state index contributed by atoms with van der Waals surface area (Å²) in [6, 6.07) is 0. The first-order valence-electron chi connectivity index (χ1n) is 13.2. The number of aromatic nitrogens is 4. The first-order valence-corrected chi connectivity index (χ1v) is 13.2. The lowest BCUT2D eigenvalue weighted by molar-refractivity contribution is -0.173. The zero-order valence-corrected chi connectivity index (χ0v) is 23.9. The SMILES string of the molecule is CC(C)C(=O)Nc1nc2c(ncn2C2OC(COC(=O)C(C)C)C(OC(=O)C(C)C)C2OC(=O)C(C)C)c(=O)[nH]1. The van der Waals surface area contributed by atoms with Gasteiger partial charge >= 0.3 is 17.9 Å². The van der Waals surface area contributed by atoms with Gasteiger partial charge in [0.15, 0.2) is 29.6 Å². The summed E-state index contributed by atoms with van der Waals surface area (Å²) in [7, 11) is 0. The van der Waals surface area contributed by atoms with Gasteiger partial charge in [-0.05, 0) is 0 Å². The Hall–Kier alpha value is -3.81. The van der Waals surface area contributed by atoms with Crippen LogP contribution in [0.15, 0.2) is 11.1 Å². The smallest absolute Gasteiger partial charge is 0.308 e. The second-order valence-electron chi connectivity index (χ2n) is 10.8. The Bertz CT molecular complexity index is 1310. The number of imidazole rings is 1. The number of nitrogens with zero attached hydrogens (tertiary/aromatic N) is 3. The molecule has 1 aliphatic heterocycles. The first kappa shape index (κ1) is 30.7. The highest BCUT2D eigenvalue weighted by Crippen LogP contribution is 2.36. The van der Waals surface area contributed by atoms with Crippen LogP contribution in [0.25, 0.3) is 11.2 Å². The molecule has 3 rings (SSSR count). The van der Waals surface area contributed by atoms with E-state index in [9.17, 15) is 24.0 Å². The summed E-state index contributed by atoms with van der Waals surface area (Å²) in [6.07, 6.45) is -3.32. The molecule has 220 valence electrons. The number of rotatable bonds is 10. The number of anilines is 1. The molecule has 2 aromatic heterocycles. The van der Waals surface area contributed by atoms with Crippen LogP contribution < -0.4 is 10.9 Å². The van der Waals surface area contributed by atoms with Gasteiger partial charge in [0, 0.05) is 5.92 Å². The fraction of sp³-hybridized carbons (Fsp3) is 0.654. The fourth-order valence-corrected chi connectivity index (χ4v) is 3.64. The van der Waals surface area contributed by atoms with Crippen LogP contribution >= 0.6 is 0 Å². The zero-order chi connectivity index (χ0) is 29.9. The molecule has 4 atom stereocenters. The third kappa shape index (κ3) is 6.84. The summed E-state index contributed by atoms with van der Waals surface area (Å²) < 4.78 is 24.4. The third-order valence-corrected chi connectivity index (χ3v) is 6.07. The van der Waals surface area contributed by atoms with Crippen molar-refractivity contribution < 1.29 is 38.1 Å². The van der Waals surface area contributed by atoms with E-state index in [0.29, 0.717) is 0 Å². The van der Waals surface area contributed by atoms with Gasteiger partial charge in [0.25, 0.3) is 5.56 Å². The molecule has 14 heteroatoms. The molecule has 2 N–H and O–H groups in total. The Labute approximate surface area is 231 Å². The van der Waals surface area contributed by atoms with Gasteiger partial charge in [0.1, 0.15) is 12.7 Å². The number of carbonyl (C=O) groups is 4. The lowest BCUT2D eigenvalue weighted by Gasteiger charge is -2.26. The van der Waals surface area contributed by atoms with E-state index in [2.05, 4.69) is 20.3 Å². The summed E-state index contributed by atoms with van der Waals surface area (Å²) in [5.41, 5.74) is -0.667. The van der Waals surface area contributed by atoms with Crippen molar-refractivity contribution >= 4 is 40.9 Å². The van der Waals surface area contributed by atoms with Crippen LogP contribution in [-0.4, -0.2) is 68.3 Å². The predicted molar refractivity (Wildman–Crippen MR) is 141 cm³/mol. The molecule has 2 aromatic rings. The van der Waals surface area contributed by atoms with E-state index < -0.39 is 65.8 Å². The minimum atomic E-state index is -1.22. The molecule has 0 spiro atoms. The molecule has 0 bridgehead atoms. The van der Waals surface area contributed by atoms with E-state index in [1.54, 1.807) is 55.4 Å². The Kier molecular flexibility index (Phi) is 9.66. The van der Waals surface area contributed by atoms with Crippen LogP contribution in [0.4, 0.5) is 5.95 Å².